The van der Waals surface area contributed by atoms with Crippen LogP contribution in [0.4, 0.5) is 0 Å². The highest BCUT2D eigenvalue weighted by molar-refractivity contribution is 9.10. The third kappa shape index (κ3) is 4.13. The van der Waals surface area contributed by atoms with Gasteiger partial charge < -0.3 is 5.32 Å². The molecule has 1 atom stereocenters. The average Bonchev–Trinajstić information content (AvgIpc) is 2.87. The number of halogens is 1. The van der Waals surface area contributed by atoms with E-state index in [1.165, 1.54) is 15.3 Å². The van der Waals surface area contributed by atoms with Gasteiger partial charge in [0.25, 0.3) is 0 Å². The molecule has 0 saturated heterocycles. The maximum absolute atomic E-state index is 4.24. The number of pyridine rings is 1. The van der Waals surface area contributed by atoms with Crippen molar-refractivity contribution in [3.05, 3.63) is 50.4 Å². The van der Waals surface area contributed by atoms with Crippen molar-refractivity contribution in [3.63, 3.8) is 0 Å². The molecule has 0 radical (unpaired) electrons. The van der Waals surface area contributed by atoms with Crippen LogP contribution in [0.5, 0.6) is 0 Å². The minimum Gasteiger partial charge on any atom is -0.309 e. The molecule has 0 fully saturated rings. The minimum absolute atomic E-state index is 0.381. The molecule has 0 aliphatic heterocycles. The summed E-state index contributed by atoms with van der Waals surface area (Å²) in [6.45, 7) is 5.34. The Hall–Kier alpha value is -0.710. The number of rotatable bonds is 6. The lowest BCUT2D eigenvalue weighted by atomic mass is 10.1. The summed E-state index contributed by atoms with van der Waals surface area (Å²) in [5.74, 6) is 0. The van der Waals surface area contributed by atoms with Crippen molar-refractivity contribution < 1.29 is 0 Å². The summed E-state index contributed by atoms with van der Waals surface area (Å²) in [6, 6.07) is 7.02. The van der Waals surface area contributed by atoms with Crippen LogP contribution in [0, 0.1) is 0 Å². The average molecular weight is 339 g/mol. The Morgan fingerprint density at radius 3 is 2.79 bits per heavy atom. The largest absolute Gasteiger partial charge is 0.309 e. The normalized spacial score (nSPS) is 12.6. The highest BCUT2D eigenvalue weighted by Gasteiger charge is 2.13. The molecule has 2 nitrogen and oxygen atoms in total. The van der Waals surface area contributed by atoms with Gasteiger partial charge in [0.1, 0.15) is 0 Å². The maximum Gasteiger partial charge on any atom is 0.0456 e. The molecule has 102 valence electrons. The number of aryl methyl sites for hydroxylation is 1. The number of nitrogens with one attached hydrogen (secondary N) is 1. The summed E-state index contributed by atoms with van der Waals surface area (Å²) in [4.78, 5) is 7.11. The first-order chi connectivity index (χ1) is 9.22. The van der Waals surface area contributed by atoms with Gasteiger partial charge in [-0.2, -0.15) is 0 Å². The van der Waals surface area contributed by atoms with E-state index in [2.05, 4.69) is 58.3 Å². The molecule has 0 saturated carbocycles. The lowest BCUT2D eigenvalue weighted by molar-refractivity contribution is 0.557. The third-order valence-corrected chi connectivity index (χ3v) is 4.80. The zero-order chi connectivity index (χ0) is 13.7. The molecule has 2 rings (SSSR count). The molecule has 4 heteroatoms. The van der Waals surface area contributed by atoms with Crippen molar-refractivity contribution in [1.82, 2.24) is 10.3 Å². The van der Waals surface area contributed by atoms with Crippen molar-refractivity contribution in [2.75, 3.05) is 6.54 Å². The van der Waals surface area contributed by atoms with Crippen LogP contribution >= 0.6 is 27.3 Å². The van der Waals surface area contributed by atoms with Crippen LogP contribution in [0.2, 0.25) is 0 Å². The standard InChI is InChI=1S/C15H19BrN2S/c1-3-13-5-6-15(19-13)14(18-4-2)8-11-7-12(16)10-17-9-11/h5-7,9-10,14,18H,3-4,8H2,1-2H3. The van der Waals surface area contributed by atoms with Gasteiger partial charge in [0.2, 0.25) is 0 Å². The fourth-order valence-corrected chi connectivity index (χ4v) is 3.54. The molecule has 19 heavy (non-hydrogen) atoms. The Labute approximate surface area is 127 Å². The van der Waals surface area contributed by atoms with Gasteiger partial charge in [-0.1, -0.05) is 13.8 Å². The molecule has 0 bridgehead atoms. The first-order valence-corrected chi connectivity index (χ1v) is 8.25. The second kappa shape index (κ2) is 7.17. The van der Waals surface area contributed by atoms with Gasteiger partial charge in [0.05, 0.1) is 0 Å². The topological polar surface area (TPSA) is 24.9 Å². The molecular weight excluding hydrogens is 320 g/mol. The SMILES string of the molecule is CCNC(Cc1cncc(Br)c1)c1ccc(CC)s1. The second-order valence-electron chi connectivity index (χ2n) is 4.48. The summed E-state index contributed by atoms with van der Waals surface area (Å²) in [6.07, 6.45) is 5.86. The number of hydrogen-bond acceptors (Lipinski definition) is 3. The van der Waals surface area contributed by atoms with E-state index in [0.717, 1.165) is 23.9 Å². The molecule has 0 spiro atoms. The van der Waals surface area contributed by atoms with Gasteiger partial charge >= 0.3 is 0 Å². The molecule has 0 aromatic carbocycles. The van der Waals surface area contributed by atoms with Crippen LogP contribution in [0.1, 0.15) is 35.2 Å². The van der Waals surface area contributed by atoms with Crippen LogP contribution in [0.3, 0.4) is 0 Å². The predicted octanol–water partition coefficient (Wildman–Crippen LogP) is 4.36. The van der Waals surface area contributed by atoms with Crippen LogP contribution in [0.15, 0.2) is 35.1 Å². The molecule has 0 amide bonds. The maximum atomic E-state index is 4.24. The molecule has 2 aromatic heterocycles. The molecule has 0 aliphatic carbocycles. The van der Waals surface area contributed by atoms with Crippen molar-refractivity contribution in [2.24, 2.45) is 0 Å². The Kier molecular flexibility index (Phi) is 5.55. The fraction of sp³-hybridized carbons (Fsp3) is 0.400. The summed E-state index contributed by atoms with van der Waals surface area (Å²) >= 11 is 5.39. The van der Waals surface area contributed by atoms with Gasteiger partial charge in [-0.15, -0.1) is 11.3 Å². The van der Waals surface area contributed by atoms with Crippen LogP contribution in [-0.2, 0) is 12.8 Å². The first-order valence-electron chi connectivity index (χ1n) is 6.64. The third-order valence-electron chi connectivity index (χ3n) is 3.03. The quantitative estimate of drug-likeness (QED) is 0.846. The van der Waals surface area contributed by atoms with Gasteiger partial charge in [-0.3, -0.25) is 4.98 Å². The Morgan fingerprint density at radius 1 is 1.32 bits per heavy atom. The van der Waals surface area contributed by atoms with Crippen LogP contribution < -0.4 is 5.32 Å². The van der Waals surface area contributed by atoms with Gasteiger partial charge in [-0.25, -0.2) is 0 Å². The summed E-state index contributed by atoms with van der Waals surface area (Å²) < 4.78 is 1.04. The number of nitrogens with zero attached hydrogens (tertiary/aromatic N) is 1. The van der Waals surface area contributed by atoms with E-state index in [9.17, 15) is 0 Å². The summed E-state index contributed by atoms with van der Waals surface area (Å²) in [5.41, 5.74) is 1.26. The van der Waals surface area contributed by atoms with Crippen molar-refractivity contribution in [1.29, 1.82) is 0 Å². The Morgan fingerprint density at radius 2 is 2.16 bits per heavy atom. The van der Waals surface area contributed by atoms with E-state index >= 15 is 0 Å². The molecule has 2 heterocycles. The van der Waals surface area contributed by atoms with Crippen molar-refractivity contribution >= 4 is 27.3 Å². The van der Waals surface area contributed by atoms with Gasteiger partial charge in [0.15, 0.2) is 0 Å². The van der Waals surface area contributed by atoms with E-state index in [1.54, 1.807) is 0 Å². The number of hydrogen-bond donors (Lipinski definition) is 1. The van der Waals surface area contributed by atoms with Crippen LogP contribution in [0.25, 0.3) is 0 Å². The van der Waals surface area contributed by atoms with Crippen molar-refractivity contribution in [2.45, 2.75) is 32.7 Å². The zero-order valence-corrected chi connectivity index (χ0v) is 13.7. The highest BCUT2D eigenvalue weighted by atomic mass is 79.9. The molecule has 1 unspecified atom stereocenters. The lowest BCUT2D eigenvalue weighted by Gasteiger charge is -2.16. The number of thiophene rings is 1. The van der Waals surface area contributed by atoms with E-state index in [1.807, 2.05) is 23.7 Å². The van der Waals surface area contributed by atoms with Crippen LogP contribution in [-0.4, -0.2) is 11.5 Å². The molecule has 2 aromatic rings. The van der Waals surface area contributed by atoms with E-state index in [-0.39, 0.29) is 0 Å². The predicted molar refractivity (Wildman–Crippen MR) is 85.8 cm³/mol. The molecule has 0 aliphatic rings. The fourth-order valence-electron chi connectivity index (χ4n) is 2.09. The first kappa shape index (κ1) is 14.7. The summed E-state index contributed by atoms with van der Waals surface area (Å²) in [7, 11) is 0. The monoisotopic (exact) mass is 338 g/mol. The molecule has 1 N–H and O–H groups in total. The smallest absolute Gasteiger partial charge is 0.0456 e. The highest BCUT2D eigenvalue weighted by Crippen LogP contribution is 2.27. The van der Waals surface area contributed by atoms with E-state index in [0.29, 0.717) is 6.04 Å². The van der Waals surface area contributed by atoms with Crippen molar-refractivity contribution in [3.8, 4) is 0 Å². The van der Waals surface area contributed by atoms with Gasteiger partial charge in [0, 0.05) is 32.7 Å². The molecular formula is C15H19BrN2S. The number of aromatic nitrogens is 1. The Bertz CT molecular complexity index is 524. The van der Waals surface area contributed by atoms with E-state index in [4.69, 9.17) is 0 Å². The number of likely N-dealkylation sites (N-methyl/N-ethyl adjacent to an activating group) is 1. The second-order valence-corrected chi connectivity index (χ2v) is 6.60. The Balaban J connectivity index is 2.15. The van der Waals surface area contributed by atoms with E-state index < -0.39 is 0 Å². The van der Waals surface area contributed by atoms with Gasteiger partial charge in [-0.05, 0) is 59.1 Å². The summed E-state index contributed by atoms with van der Waals surface area (Å²) in [5, 5.41) is 3.57. The lowest BCUT2D eigenvalue weighted by Crippen LogP contribution is -2.22. The minimum atomic E-state index is 0.381. The zero-order valence-electron chi connectivity index (χ0n) is 11.3.